The summed E-state index contributed by atoms with van der Waals surface area (Å²) in [6.07, 6.45) is 3.67. The molecular formula is C22H25N5O. The van der Waals surface area contributed by atoms with Gasteiger partial charge in [0, 0.05) is 18.8 Å². The first kappa shape index (κ1) is 18.2. The number of hydrogen-bond acceptors (Lipinski definition) is 3. The van der Waals surface area contributed by atoms with Gasteiger partial charge in [-0.1, -0.05) is 30.3 Å². The molecule has 4 rings (SSSR count). The fourth-order valence-electron chi connectivity index (χ4n) is 3.79. The monoisotopic (exact) mass is 375 g/mol. The molecule has 1 aliphatic heterocycles. The van der Waals surface area contributed by atoms with Gasteiger partial charge in [-0.2, -0.15) is 5.10 Å². The molecule has 0 saturated carbocycles. The van der Waals surface area contributed by atoms with Crippen LogP contribution in [0.3, 0.4) is 0 Å². The number of aromatic nitrogens is 3. The number of urea groups is 1. The lowest BCUT2D eigenvalue weighted by Gasteiger charge is -2.32. The van der Waals surface area contributed by atoms with Gasteiger partial charge in [-0.15, -0.1) is 0 Å². The van der Waals surface area contributed by atoms with Crippen molar-refractivity contribution in [2.24, 2.45) is 0 Å². The highest BCUT2D eigenvalue weighted by Crippen LogP contribution is 2.28. The third-order valence-electron chi connectivity index (χ3n) is 5.28. The number of hydrogen-bond donors (Lipinski definition) is 1. The standard InChI is InChI=1S/C22H25N5O/c1-16-14-17(2)27(25-16)21-9-8-20(15-23-21)24-22(28)26-12-10-19(11-13-26)18-6-4-3-5-7-18/h3-9,14-15,19H,10-13H2,1-2H3,(H,24,28). The van der Waals surface area contributed by atoms with Gasteiger partial charge in [0.05, 0.1) is 17.6 Å². The summed E-state index contributed by atoms with van der Waals surface area (Å²) in [5, 5.41) is 7.39. The van der Waals surface area contributed by atoms with E-state index in [4.69, 9.17) is 0 Å². The highest BCUT2D eigenvalue weighted by molar-refractivity contribution is 5.89. The van der Waals surface area contributed by atoms with E-state index in [0.717, 1.165) is 43.1 Å². The number of piperidine rings is 1. The van der Waals surface area contributed by atoms with Gasteiger partial charge in [0.15, 0.2) is 5.82 Å². The van der Waals surface area contributed by atoms with Crippen LogP contribution in [0.5, 0.6) is 0 Å². The average molecular weight is 375 g/mol. The number of carbonyl (C=O) groups is 1. The van der Waals surface area contributed by atoms with Crippen LogP contribution in [0.4, 0.5) is 10.5 Å². The number of pyridine rings is 1. The van der Waals surface area contributed by atoms with E-state index >= 15 is 0 Å². The fourth-order valence-corrected chi connectivity index (χ4v) is 3.79. The van der Waals surface area contributed by atoms with Crippen molar-refractivity contribution in [2.45, 2.75) is 32.6 Å². The van der Waals surface area contributed by atoms with Crippen molar-refractivity contribution in [3.05, 3.63) is 71.7 Å². The number of rotatable bonds is 3. The molecule has 2 aromatic heterocycles. The van der Waals surface area contributed by atoms with Crippen molar-refractivity contribution in [3.8, 4) is 5.82 Å². The van der Waals surface area contributed by atoms with Crippen LogP contribution >= 0.6 is 0 Å². The zero-order valence-corrected chi connectivity index (χ0v) is 16.3. The first-order valence-electron chi connectivity index (χ1n) is 9.71. The summed E-state index contributed by atoms with van der Waals surface area (Å²) in [6, 6.07) is 16.2. The van der Waals surface area contributed by atoms with Gasteiger partial charge in [0.1, 0.15) is 0 Å². The second-order valence-corrected chi connectivity index (χ2v) is 7.35. The summed E-state index contributed by atoms with van der Waals surface area (Å²) in [7, 11) is 0. The second-order valence-electron chi connectivity index (χ2n) is 7.35. The maximum absolute atomic E-state index is 12.6. The average Bonchev–Trinajstić information content (AvgIpc) is 3.07. The molecule has 1 fully saturated rings. The van der Waals surface area contributed by atoms with Crippen molar-refractivity contribution in [1.82, 2.24) is 19.7 Å². The molecule has 6 nitrogen and oxygen atoms in total. The van der Waals surface area contributed by atoms with Crippen molar-refractivity contribution in [2.75, 3.05) is 18.4 Å². The molecule has 0 aliphatic carbocycles. The minimum absolute atomic E-state index is 0.0628. The molecule has 1 aromatic carbocycles. The molecule has 2 amide bonds. The predicted octanol–water partition coefficient (Wildman–Crippen LogP) is 4.30. The number of benzene rings is 1. The molecule has 6 heteroatoms. The molecule has 1 saturated heterocycles. The first-order chi connectivity index (χ1) is 13.6. The van der Waals surface area contributed by atoms with E-state index in [0.29, 0.717) is 11.6 Å². The number of aryl methyl sites for hydroxylation is 2. The summed E-state index contributed by atoms with van der Waals surface area (Å²) >= 11 is 0. The molecule has 0 atom stereocenters. The summed E-state index contributed by atoms with van der Waals surface area (Å²) in [4.78, 5) is 18.9. The van der Waals surface area contributed by atoms with Gasteiger partial charge < -0.3 is 10.2 Å². The highest BCUT2D eigenvalue weighted by atomic mass is 16.2. The van der Waals surface area contributed by atoms with Crippen molar-refractivity contribution in [1.29, 1.82) is 0 Å². The van der Waals surface area contributed by atoms with Crippen molar-refractivity contribution < 1.29 is 4.79 Å². The molecule has 144 valence electrons. The van der Waals surface area contributed by atoms with Crippen LogP contribution in [0.25, 0.3) is 5.82 Å². The summed E-state index contributed by atoms with van der Waals surface area (Å²) < 4.78 is 1.80. The molecule has 3 aromatic rings. The molecule has 1 aliphatic rings. The molecule has 0 bridgehead atoms. The fraction of sp³-hybridized carbons (Fsp3) is 0.318. The van der Waals surface area contributed by atoms with E-state index in [1.165, 1.54) is 5.56 Å². The number of anilines is 1. The maximum Gasteiger partial charge on any atom is 0.321 e. The summed E-state index contributed by atoms with van der Waals surface area (Å²) in [5.41, 5.74) is 4.05. The number of nitrogens with zero attached hydrogens (tertiary/aromatic N) is 4. The van der Waals surface area contributed by atoms with Crippen LogP contribution in [-0.2, 0) is 0 Å². The van der Waals surface area contributed by atoms with E-state index in [1.54, 1.807) is 10.9 Å². The molecule has 3 heterocycles. The molecule has 0 unspecified atom stereocenters. The quantitative estimate of drug-likeness (QED) is 0.742. The lowest BCUT2D eigenvalue weighted by Crippen LogP contribution is -2.40. The van der Waals surface area contributed by atoms with Crippen LogP contribution < -0.4 is 5.32 Å². The Labute approximate surface area is 165 Å². The third kappa shape index (κ3) is 3.91. The van der Waals surface area contributed by atoms with Gasteiger partial charge >= 0.3 is 6.03 Å². The minimum Gasteiger partial charge on any atom is -0.324 e. The molecule has 28 heavy (non-hydrogen) atoms. The van der Waals surface area contributed by atoms with Crippen LogP contribution in [-0.4, -0.2) is 38.8 Å². The predicted molar refractivity (Wildman–Crippen MR) is 110 cm³/mol. The Hall–Kier alpha value is -3.15. The molecule has 0 radical (unpaired) electrons. The van der Waals surface area contributed by atoms with Crippen LogP contribution in [0.2, 0.25) is 0 Å². The first-order valence-corrected chi connectivity index (χ1v) is 9.71. The Morgan fingerprint density at radius 3 is 2.43 bits per heavy atom. The number of amides is 2. The van der Waals surface area contributed by atoms with E-state index in [9.17, 15) is 4.79 Å². The van der Waals surface area contributed by atoms with E-state index in [1.807, 2.05) is 43.0 Å². The molecular weight excluding hydrogens is 350 g/mol. The minimum atomic E-state index is -0.0628. The largest absolute Gasteiger partial charge is 0.324 e. The van der Waals surface area contributed by atoms with Gasteiger partial charge in [-0.25, -0.2) is 14.5 Å². The zero-order chi connectivity index (χ0) is 19.5. The lowest BCUT2D eigenvalue weighted by atomic mass is 9.90. The van der Waals surface area contributed by atoms with Crippen LogP contribution in [0, 0.1) is 13.8 Å². The van der Waals surface area contributed by atoms with Gasteiger partial charge in [0.2, 0.25) is 0 Å². The lowest BCUT2D eigenvalue weighted by molar-refractivity contribution is 0.194. The van der Waals surface area contributed by atoms with E-state index in [2.05, 4.69) is 39.7 Å². The molecule has 1 N–H and O–H groups in total. The highest BCUT2D eigenvalue weighted by Gasteiger charge is 2.23. The van der Waals surface area contributed by atoms with Gasteiger partial charge in [0.25, 0.3) is 0 Å². The Morgan fingerprint density at radius 1 is 1.07 bits per heavy atom. The second kappa shape index (κ2) is 7.84. The van der Waals surface area contributed by atoms with E-state index in [-0.39, 0.29) is 6.03 Å². The zero-order valence-electron chi connectivity index (χ0n) is 16.3. The third-order valence-corrected chi connectivity index (χ3v) is 5.28. The Kier molecular flexibility index (Phi) is 5.10. The van der Waals surface area contributed by atoms with E-state index < -0.39 is 0 Å². The smallest absolute Gasteiger partial charge is 0.321 e. The van der Waals surface area contributed by atoms with Gasteiger partial charge in [-0.3, -0.25) is 0 Å². The Balaban J connectivity index is 1.35. The van der Waals surface area contributed by atoms with Crippen LogP contribution in [0.1, 0.15) is 35.7 Å². The Morgan fingerprint density at radius 2 is 1.82 bits per heavy atom. The normalized spacial score (nSPS) is 14.9. The number of carbonyl (C=O) groups excluding carboxylic acids is 1. The summed E-state index contributed by atoms with van der Waals surface area (Å²) in [5.74, 6) is 1.28. The Bertz CT molecular complexity index is 941. The molecule has 0 spiro atoms. The van der Waals surface area contributed by atoms with Gasteiger partial charge in [-0.05, 0) is 56.4 Å². The van der Waals surface area contributed by atoms with Crippen LogP contribution in [0.15, 0.2) is 54.7 Å². The topological polar surface area (TPSA) is 63.1 Å². The SMILES string of the molecule is Cc1cc(C)n(-c2ccc(NC(=O)N3CCC(c4ccccc4)CC3)cn2)n1. The maximum atomic E-state index is 12.6. The van der Waals surface area contributed by atoms with Crippen molar-refractivity contribution >= 4 is 11.7 Å². The number of nitrogens with one attached hydrogen (secondary N) is 1. The van der Waals surface area contributed by atoms with Crippen molar-refractivity contribution in [3.63, 3.8) is 0 Å². The number of likely N-dealkylation sites (tertiary alicyclic amines) is 1. The summed E-state index contributed by atoms with van der Waals surface area (Å²) in [6.45, 7) is 5.49.